The number of fused-ring (bicyclic) bond motifs is 1. The lowest BCUT2D eigenvalue weighted by Crippen LogP contribution is -2.07. The van der Waals surface area contributed by atoms with Crippen molar-refractivity contribution < 1.29 is 27.8 Å². The third-order valence-corrected chi connectivity index (χ3v) is 6.39. The van der Waals surface area contributed by atoms with Gasteiger partial charge in [-0.2, -0.15) is 13.2 Å². The highest BCUT2D eigenvalue weighted by Crippen LogP contribution is 2.36. The number of alkyl halides is 3. The maximum atomic E-state index is 12.8. The van der Waals surface area contributed by atoms with Gasteiger partial charge in [0.15, 0.2) is 0 Å². The molecule has 2 heterocycles. The predicted octanol–water partition coefficient (Wildman–Crippen LogP) is 6.32. The molecule has 1 N–H and O–H groups in total. The summed E-state index contributed by atoms with van der Waals surface area (Å²) >= 11 is 1.38. The normalized spacial score (nSPS) is 12.8. The standard InChI is InChI=1S/C23H19F3N2O3S/c1-13-21(32-22(27-13)15-3-5-17(6-4-15)23(24,25)26)14(2)31-18-7-8-19-16(11-18)9-10-28(19)12-20(29)30/h3-11,14H,12H2,1-2H3,(H,29,30)/t14-/m0/s1. The van der Waals surface area contributed by atoms with E-state index in [-0.39, 0.29) is 12.6 Å². The van der Waals surface area contributed by atoms with Crippen LogP contribution in [0.5, 0.6) is 5.75 Å². The van der Waals surface area contributed by atoms with E-state index in [1.807, 2.05) is 32.0 Å². The van der Waals surface area contributed by atoms with Crippen molar-refractivity contribution in [2.75, 3.05) is 0 Å². The van der Waals surface area contributed by atoms with E-state index in [0.717, 1.165) is 33.6 Å². The average molecular weight is 460 g/mol. The number of rotatable bonds is 6. The van der Waals surface area contributed by atoms with Crippen LogP contribution in [0.4, 0.5) is 13.2 Å². The molecule has 4 rings (SSSR count). The molecular formula is C23H19F3N2O3S. The molecule has 0 saturated carbocycles. The van der Waals surface area contributed by atoms with E-state index in [0.29, 0.717) is 16.3 Å². The van der Waals surface area contributed by atoms with Gasteiger partial charge in [0.25, 0.3) is 0 Å². The molecule has 1 atom stereocenters. The number of ether oxygens (including phenoxy) is 1. The summed E-state index contributed by atoms with van der Waals surface area (Å²) in [6.45, 7) is 3.61. The molecule has 0 radical (unpaired) electrons. The Morgan fingerprint density at radius 1 is 1.19 bits per heavy atom. The summed E-state index contributed by atoms with van der Waals surface area (Å²) in [6.07, 6.45) is -2.98. The number of carbonyl (C=O) groups is 1. The van der Waals surface area contributed by atoms with E-state index in [4.69, 9.17) is 9.84 Å². The zero-order chi connectivity index (χ0) is 23.0. The summed E-state index contributed by atoms with van der Waals surface area (Å²) in [5, 5.41) is 10.5. The third-order valence-electron chi connectivity index (χ3n) is 5.02. The molecule has 0 aliphatic heterocycles. The number of carboxylic acid groups (broad SMARTS) is 1. The fraction of sp³-hybridized carbons (Fsp3) is 0.217. The average Bonchev–Trinajstić information content (AvgIpc) is 3.30. The Kier molecular flexibility index (Phi) is 5.68. The van der Waals surface area contributed by atoms with Crippen LogP contribution in [0.1, 0.15) is 29.2 Å². The number of halogens is 3. The minimum absolute atomic E-state index is 0.118. The van der Waals surface area contributed by atoms with Crippen molar-refractivity contribution in [3.8, 4) is 16.3 Å². The van der Waals surface area contributed by atoms with Crippen LogP contribution in [-0.4, -0.2) is 20.6 Å². The van der Waals surface area contributed by atoms with Crippen LogP contribution >= 0.6 is 11.3 Å². The molecule has 2 aromatic heterocycles. The number of aromatic nitrogens is 2. The topological polar surface area (TPSA) is 64.4 Å². The number of thiazole rings is 1. The first-order chi connectivity index (χ1) is 15.1. The predicted molar refractivity (Wildman–Crippen MR) is 116 cm³/mol. The Morgan fingerprint density at radius 3 is 2.56 bits per heavy atom. The van der Waals surface area contributed by atoms with Gasteiger partial charge in [0, 0.05) is 22.7 Å². The molecule has 0 saturated heterocycles. The van der Waals surface area contributed by atoms with Crippen molar-refractivity contribution in [1.29, 1.82) is 0 Å². The highest BCUT2D eigenvalue weighted by Gasteiger charge is 2.30. The highest BCUT2D eigenvalue weighted by molar-refractivity contribution is 7.15. The van der Waals surface area contributed by atoms with E-state index < -0.39 is 17.7 Å². The summed E-state index contributed by atoms with van der Waals surface area (Å²) in [5.41, 5.74) is 1.47. The molecule has 32 heavy (non-hydrogen) atoms. The smallest absolute Gasteiger partial charge is 0.416 e. The summed E-state index contributed by atoms with van der Waals surface area (Å²) in [6, 6.07) is 12.2. The van der Waals surface area contributed by atoms with E-state index in [1.165, 1.54) is 23.5 Å². The summed E-state index contributed by atoms with van der Waals surface area (Å²) in [7, 11) is 0. The maximum Gasteiger partial charge on any atom is 0.416 e. The SMILES string of the molecule is Cc1nc(-c2ccc(C(F)(F)F)cc2)sc1[C@H](C)Oc1ccc2c(ccn2CC(=O)O)c1. The second kappa shape index (κ2) is 8.31. The van der Waals surface area contributed by atoms with Crippen LogP contribution < -0.4 is 4.74 Å². The lowest BCUT2D eigenvalue weighted by molar-refractivity contribution is -0.138. The molecule has 0 bridgehead atoms. The van der Waals surface area contributed by atoms with Crippen molar-refractivity contribution in [3.05, 3.63) is 70.9 Å². The molecule has 166 valence electrons. The van der Waals surface area contributed by atoms with Gasteiger partial charge in [-0.1, -0.05) is 12.1 Å². The fourth-order valence-corrected chi connectivity index (χ4v) is 4.56. The van der Waals surface area contributed by atoms with Gasteiger partial charge in [-0.05, 0) is 50.2 Å². The van der Waals surface area contributed by atoms with Gasteiger partial charge in [-0.15, -0.1) is 11.3 Å². The molecule has 0 unspecified atom stereocenters. The van der Waals surface area contributed by atoms with Crippen LogP contribution in [0.25, 0.3) is 21.5 Å². The molecule has 0 amide bonds. The fourth-order valence-electron chi connectivity index (χ4n) is 3.50. The first-order valence-corrected chi connectivity index (χ1v) is 10.6. The van der Waals surface area contributed by atoms with Gasteiger partial charge in [0.05, 0.1) is 16.1 Å². The number of aryl methyl sites for hydroxylation is 1. The Balaban J connectivity index is 1.53. The number of nitrogens with zero attached hydrogens (tertiary/aromatic N) is 2. The van der Waals surface area contributed by atoms with Crippen molar-refractivity contribution in [2.24, 2.45) is 0 Å². The number of carboxylic acids is 1. The van der Waals surface area contributed by atoms with Gasteiger partial charge >= 0.3 is 12.1 Å². The third kappa shape index (κ3) is 4.47. The van der Waals surface area contributed by atoms with Gasteiger partial charge in [0.1, 0.15) is 23.4 Å². The number of hydrogen-bond donors (Lipinski definition) is 1. The number of benzene rings is 2. The maximum absolute atomic E-state index is 12.8. The Bertz CT molecular complexity index is 1280. The molecular weight excluding hydrogens is 441 g/mol. The molecule has 0 aliphatic rings. The van der Waals surface area contributed by atoms with Crippen LogP contribution in [-0.2, 0) is 17.5 Å². The quantitative estimate of drug-likeness (QED) is 0.366. The second-order valence-electron chi connectivity index (χ2n) is 7.36. The number of aliphatic carboxylic acids is 1. The molecule has 0 fully saturated rings. The van der Waals surface area contributed by atoms with Crippen molar-refractivity contribution in [2.45, 2.75) is 32.7 Å². The monoisotopic (exact) mass is 460 g/mol. The zero-order valence-corrected chi connectivity index (χ0v) is 18.0. The highest BCUT2D eigenvalue weighted by atomic mass is 32.1. The molecule has 0 spiro atoms. The van der Waals surface area contributed by atoms with Crippen molar-refractivity contribution >= 4 is 28.2 Å². The van der Waals surface area contributed by atoms with Gasteiger partial charge in [-0.3, -0.25) is 4.79 Å². The summed E-state index contributed by atoms with van der Waals surface area (Å²) in [5.74, 6) is -0.289. The van der Waals surface area contributed by atoms with Crippen LogP contribution in [0.3, 0.4) is 0 Å². The van der Waals surface area contributed by atoms with Crippen molar-refractivity contribution in [1.82, 2.24) is 9.55 Å². The van der Waals surface area contributed by atoms with Gasteiger partial charge in [0.2, 0.25) is 0 Å². The minimum Gasteiger partial charge on any atom is -0.485 e. The van der Waals surface area contributed by atoms with Crippen LogP contribution in [0.2, 0.25) is 0 Å². The Morgan fingerprint density at radius 2 is 1.91 bits per heavy atom. The summed E-state index contributed by atoms with van der Waals surface area (Å²) in [4.78, 5) is 16.4. The van der Waals surface area contributed by atoms with E-state index >= 15 is 0 Å². The Labute approximate surface area is 185 Å². The van der Waals surface area contributed by atoms with E-state index in [2.05, 4.69) is 4.98 Å². The van der Waals surface area contributed by atoms with Crippen molar-refractivity contribution in [3.63, 3.8) is 0 Å². The lowest BCUT2D eigenvalue weighted by atomic mass is 10.1. The Hall–Kier alpha value is -3.33. The zero-order valence-electron chi connectivity index (χ0n) is 17.2. The van der Waals surface area contributed by atoms with Crippen LogP contribution in [0, 0.1) is 6.92 Å². The molecule has 4 aromatic rings. The first kappa shape index (κ1) is 21.9. The van der Waals surface area contributed by atoms with E-state index in [1.54, 1.807) is 16.8 Å². The molecule has 0 aliphatic carbocycles. The minimum atomic E-state index is -4.37. The number of hydrogen-bond acceptors (Lipinski definition) is 4. The van der Waals surface area contributed by atoms with Crippen LogP contribution in [0.15, 0.2) is 54.7 Å². The largest absolute Gasteiger partial charge is 0.485 e. The first-order valence-electron chi connectivity index (χ1n) is 9.74. The molecule has 9 heteroatoms. The van der Waals surface area contributed by atoms with E-state index in [9.17, 15) is 18.0 Å². The second-order valence-corrected chi connectivity index (χ2v) is 8.39. The summed E-state index contributed by atoms with van der Waals surface area (Å²) < 4.78 is 46.1. The molecule has 5 nitrogen and oxygen atoms in total. The van der Waals surface area contributed by atoms with Gasteiger partial charge < -0.3 is 14.4 Å². The van der Waals surface area contributed by atoms with Gasteiger partial charge in [-0.25, -0.2) is 4.98 Å². The lowest BCUT2D eigenvalue weighted by Gasteiger charge is -2.14. The molecule has 2 aromatic carbocycles.